The van der Waals surface area contributed by atoms with Gasteiger partial charge in [0.15, 0.2) is 0 Å². The third-order valence-electron chi connectivity index (χ3n) is 5.37. The molecule has 0 N–H and O–H groups in total. The standard InChI is InChI=1S/C26H39O2/c1-3-5-6-7-8-9-10-11-12-13-19-24(22-27-4-2)28-26-21-16-18-23-17-14-15-20-25(23)26/h14-18,20-21,24H,2-13,19,22H2,1H3. The van der Waals surface area contributed by atoms with Crippen LogP contribution < -0.4 is 4.74 Å². The van der Waals surface area contributed by atoms with Crippen LogP contribution in [0.4, 0.5) is 0 Å². The Labute approximate surface area is 172 Å². The van der Waals surface area contributed by atoms with Gasteiger partial charge in [0, 0.05) is 12.0 Å². The van der Waals surface area contributed by atoms with Crippen LogP contribution in [0.2, 0.25) is 0 Å². The molecule has 0 bridgehead atoms. The number of rotatable bonds is 16. The molecule has 2 rings (SSSR count). The molecule has 0 aliphatic rings. The van der Waals surface area contributed by atoms with E-state index >= 15 is 0 Å². The molecule has 1 unspecified atom stereocenters. The van der Waals surface area contributed by atoms with Crippen LogP contribution in [-0.4, -0.2) is 19.3 Å². The van der Waals surface area contributed by atoms with E-state index in [1.165, 1.54) is 75.0 Å². The van der Waals surface area contributed by atoms with E-state index in [1.807, 2.05) is 0 Å². The van der Waals surface area contributed by atoms with Gasteiger partial charge >= 0.3 is 0 Å². The maximum Gasteiger partial charge on any atom is 0.127 e. The quantitative estimate of drug-likeness (QED) is 0.276. The second kappa shape index (κ2) is 14.5. The molecule has 28 heavy (non-hydrogen) atoms. The molecule has 1 atom stereocenters. The lowest BCUT2D eigenvalue weighted by molar-refractivity contribution is 0.0580. The predicted octanol–water partition coefficient (Wildman–Crippen LogP) is 7.75. The Bertz CT molecular complexity index is 632. The highest BCUT2D eigenvalue weighted by molar-refractivity contribution is 5.88. The van der Waals surface area contributed by atoms with E-state index in [2.05, 4.69) is 56.3 Å². The van der Waals surface area contributed by atoms with Crippen LogP contribution in [0.25, 0.3) is 10.8 Å². The molecule has 0 heterocycles. The van der Waals surface area contributed by atoms with Crippen LogP contribution in [0.1, 0.15) is 77.6 Å². The minimum absolute atomic E-state index is 0.0987. The Kier molecular flexibility index (Phi) is 11.7. The molecule has 0 amide bonds. The van der Waals surface area contributed by atoms with E-state index in [4.69, 9.17) is 9.47 Å². The number of hydrogen-bond donors (Lipinski definition) is 0. The van der Waals surface area contributed by atoms with Crippen LogP contribution in [0.3, 0.4) is 0 Å². The van der Waals surface area contributed by atoms with Gasteiger partial charge in [0.2, 0.25) is 0 Å². The molecule has 0 aromatic heterocycles. The molecular weight excluding hydrogens is 344 g/mol. The zero-order valence-electron chi connectivity index (χ0n) is 17.8. The van der Waals surface area contributed by atoms with Crippen molar-refractivity contribution in [2.45, 2.75) is 83.7 Å². The summed E-state index contributed by atoms with van der Waals surface area (Å²) in [6, 6.07) is 14.7. The van der Waals surface area contributed by atoms with E-state index in [1.54, 1.807) is 0 Å². The average molecular weight is 384 g/mol. The average Bonchev–Trinajstić information content (AvgIpc) is 2.73. The van der Waals surface area contributed by atoms with Crippen molar-refractivity contribution in [2.24, 2.45) is 0 Å². The summed E-state index contributed by atoms with van der Waals surface area (Å²) in [5, 5.41) is 2.39. The summed E-state index contributed by atoms with van der Waals surface area (Å²) < 4.78 is 11.9. The summed E-state index contributed by atoms with van der Waals surface area (Å²) in [6.45, 7) is 7.18. The second-order valence-corrected chi connectivity index (χ2v) is 7.76. The third-order valence-corrected chi connectivity index (χ3v) is 5.37. The number of benzene rings is 2. The number of unbranched alkanes of at least 4 members (excludes halogenated alkanes) is 9. The summed E-state index contributed by atoms with van der Waals surface area (Å²) in [5.41, 5.74) is 0. The third kappa shape index (κ3) is 8.65. The lowest BCUT2D eigenvalue weighted by Gasteiger charge is -2.20. The normalized spacial score (nSPS) is 12.4. The van der Waals surface area contributed by atoms with Gasteiger partial charge in [0.05, 0.1) is 6.61 Å². The minimum atomic E-state index is 0.0987. The second-order valence-electron chi connectivity index (χ2n) is 7.76. The van der Waals surface area contributed by atoms with Gasteiger partial charge in [-0.05, 0) is 31.2 Å². The maximum atomic E-state index is 6.36. The first kappa shape index (κ1) is 22.7. The van der Waals surface area contributed by atoms with Crippen LogP contribution in [-0.2, 0) is 4.74 Å². The zero-order chi connectivity index (χ0) is 19.9. The minimum Gasteiger partial charge on any atom is -0.487 e. The van der Waals surface area contributed by atoms with Gasteiger partial charge in [0.1, 0.15) is 11.9 Å². The zero-order valence-corrected chi connectivity index (χ0v) is 17.8. The summed E-state index contributed by atoms with van der Waals surface area (Å²) >= 11 is 0. The predicted molar refractivity (Wildman–Crippen MR) is 121 cm³/mol. The molecule has 2 aromatic rings. The number of ether oxygens (including phenoxy) is 2. The van der Waals surface area contributed by atoms with Crippen molar-refractivity contribution in [1.82, 2.24) is 0 Å². The van der Waals surface area contributed by atoms with Crippen LogP contribution in [0, 0.1) is 6.92 Å². The molecule has 0 aliphatic heterocycles. The summed E-state index contributed by atoms with van der Waals surface area (Å²) in [6.07, 6.45) is 14.7. The topological polar surface area (TPSA) is 18.5 Å². The van der Waals surface area contributed by atoms with E-state index in [9.17, 15) is 0 Å². The molecular formula is C26H39O2. The van der Waals surface area contributed by atoms with Gasteiger partial charge < -0.3 is 9.47 Å². The van der Waals surface area contributed by atoms with E-state index < -0.39 is 0 Å². The summed E-state index contributed by atoms with van der Waals surface area (Å²) in [5.74, 6) is 0.961. The fourth-order valence-corrected chi connectivity index (χ4v) is 3.73. The monoisotopic (exact) mass is 383 g/mol. The fourth-order valence-electron chi connectivity index (χ4n) is 3.73. The van der Waals surface area contributed by atoms with Gasteiger partial charge in [0.25, 0.3) is 0 Å². The Morgan fingerprint density at radius 3 is 2.14 bits per heavy atom. The fraction of sp³-hybridized carbons (Fsp3) is 0.577. The highest BCUT2D eigenvalue weighted by Crippen LogP contribution is 2.27. The molecule has 0 spiro atoms. The van der Waals surface area contributed by atoms with Crippen molar-refractivity contribution in [2.75, 3.05) is 13.2 Å². The molecule has 2 nitrogen and oxygen atoms in total. The van der Waals surface area contributed by atoms with Crippen LogP contribution >= 0.6 is 0 Å². The molecule has 2 aromatic carbocycles. The lowest BCUT2D eigenvalue weighted by Crippen LogP contribution is -2.23. The Morgan fingerprint density at radius 1 is 0.786 bits per heavy atom. The van der Waals surface area contributed by atoms with E-state index in [-0.39, 0.29) is 6.10 Å². The smallest absolute Gasteiger partial charge is 0.127 e. The molecule has 155 valence electrons. The van der Waals surface area contributed by atoms with E-state index in [0.29, 0.717) is 13.2 Å². The Hall–Kier alpha value is -1.54. The molecule has 0 aliphatic carbocycles. The highest BCUT2D eigenvalue weighted by Gasteiger charge is 2.12. The van der Waals surface area contributed by atoms with Gasteiger partial charge in [-0.1, -0.05) is 101 Å². The first-order chi connectivity index (χ1) is 13.8. The summed E-state index contributed by atoms with van der Waals surface area (Å²) in [4.78, 5) is 0. The lowest BCUT2D eigenvalue weighted by atomic mass is 10.0. The Morgan fingerprint density at radius 2 is 1.43 bits per heavy atom. The molecule has 2 heteroatoms. The van der Waals surface area contributed by atoms with Gasteiger partial charge in [-0.25, -0.2) is 0 Å². The molecule has 1 radical (unpaired) electrons. The molecule has 0 fully saturated rings. The first-order valence-corrected chi connectivity index (χ1v) is 11.4. The number of fused-ring (bicyclic) bond motifs is 1. The van der Waals surface area contributed by atoms with Crippen molar-refractivity contribution >= 4 is 10.8 Å². The largest absolute Gasteiger partial charge is 0.487 e. The molecule has 0 saturated carbocycles. The summed E-state index contributed by atoms with van der Waals surface area (Å²) in [7, 11) is 0. The van der Waals surface area contributed by atoms with Gasteiger partial charge in [-0.2, -0.15) is 0 Å². The first-order valence-electron chi connectivity index (χ1n) is 11.4. The van der Waals surface area contributed by atoms with Crippen molar-refractivity contribution < 1.29 is 9.47 Å². The van der Waals surface area contributed by atoms with Crippen LogP contribution in [0.15, 0.2) is 42.5 Å². The highest BCUT2D eigenvalue weighted by atomic mass is 16.5. The van der Waals surface area contributed by atoms with Gasteiger partial charge in [-0.15, -0.1) is 0 Å². The SMILES string of the molecule is [CH2]COCC(CCCCCCCCCCCC)Oc1cccc2ccccc12. The Balaban J connectivity index is 1.71. The van der Waals surface area contributed by atoms with Gasteiger partial charge in [-0.3, -0.25) is 0 Å². The maximum absolute atomic E-state index is 6.36. The van der Waals surface area contributed by atoms with Crippen LogP contribution in [0.5, 0.6) is 5.75 Å². The molecule has 0 saturated heterocycles. The number of hydrogen-bond acceptors (Lipinski definition) is 2. The van der Waals surface area contributed by atoms with E-state index in [0.717, 1.165) is 12.2 Å². The van der Waals surface area contributed by atoms with Crippen molar-refractivity contribution in [3.05, 3.63) is 49.4 Å². The van der Waals surface area contributed by atoms with Crippen molar-refractivity contribution in [3.8, 4) is 5.75 Å². The van der Waals surface area contributed by atoms with Crippen molar-refractivity contribution in [3.63, 3.8) is 0 Å². The van der Waals surface area contributed by atoms with Crippen molar-refractivity contribution in [1.29, 1.82) is 0 Å².